The zero-order valence-corrected chi connectivity index (χ0v) is 22.5. The minimum atomic E-state index is 0.625. The maximum absolute atomic E-state index is 4.94. The first-order valence-electron chi connectivity index (χ1n) is 13.8. The molecule has 0 aliphatic carbocycles. The lowest BCUT2D eigenvalue weighted by atomic mass is 10.0. The van der Waals surface area contributed by atoms with Gasteiger partial charge in [0.25, 0.3) is 0 Å². The second-order valence-corrected chi connectivity index (χ2v) is 10.2. The number of nitrogens with zero attached hydrogens (tertiary/aromatic N) is 5. The van der Waals surface area contributed by atoms with Crippen molar-refractivity contribution in [2.45, 2.75) is 0 Å². The van der Waals surface area contributed by atoms with Gasteiger partial charge in [-0.15, -0.1) is 0 Å². The first-order valence-corrected chi connectivity index (χ1v) is 13.8. The Morgan fingerprint density at radius 2 is 0.905 bits per heavy atom. The minimum Gasteiger partial charge on any atom is -0.253 e. The quantitative estimate of drug-likeness (QED) is 0.166. The highest BCUT2D eigenvalue weighted by Gasteiger charge is 2.13. The largest absolute Gasteiger partial charge is 0.253 e. The summed E-state index contributed by atoms with van der Waals surface area (Å²) in [6.45, 7) is 0. The van der Waals surface area contributed by atoms with Gasteiger partial charge in [-0.25, -0.2) is 19.9 Å². The van der Waals surface area contributed by atoms with Crippen LogP contribution in [0.15, 0.2) is 140 Å². The number of rotatable bonds is 4. The maximum atomic E-state index is 4.94. The topological polar surface area (TPSA) is 64.5 Å². The molecule has 8 aromatic rings. The fourth-order valence-corrected chi connectivity index (χ4v) is 5.37. The van der Waals surface area contributed by atoms with Crippen LogP contribution in [0.4, 0.5) is 0 Å². The lowest BCUT2D eigenvalue weighted by Gasteiger charge is -2.10. The molecule has 8 rings (SSSR count). The van der Waals surface area contributed by atoms with Gasteiger partial charge in [-0.3, -0.25) is 4.98 Å². The van der Waals surface area contributed by atoms with Crippen LogP contribution in [-0.2, 0) is 0 Å². The Balaban J connectivity index is 1.23. The predicted octanol–water partition coefficient (Wildman–Crippen LogP) is 8.79. The maximum Gasteiger partial charge on any atom is 0.164 e. The molecule has 0 amide bonds. The third-order valence-electron chi connectivity index (χ3n) is 7.49. The fourth-order valence-electron chi connectivity index (χ4n) is 5.37. The van der Waals surface area contributed by atoms with Gasteiger partial charge in [-0.05, 0) is 29.8 Å². The minimum absolute atomic E-state index is 0.625. The smallest absolute Gasteiger partial charge is 0.164 e. The summed E-state index contributed by atoms with van der Waals surface area (Å²) in [6.07, 6.45) is 1.93. The molecule has 0 fully saturated rings. The van der Waals surface area contributed by atoms with Crippen LogP contribution in [0.3, 0.4) is 0 Å². The summed E-state index contributed by atoms with van der Waals surface area (Å²) < 4.78 is 0. The van der Waals surface area contributed by atoms with Crippen molar-refractivity contribution < 1.29 is 0 Å². The molecule has 0 N–H and O–H groups in total. The van der Waals surface area contributed by atoms with Crippen LogP contribution in [-0.4, -0.2) is 24.9 Å². The molecule has 196 valence electrons. The molecule has 0 saturated carbocycles. The fraction of sp³-hybridized carbons (Fsp3) is 0. The zero-order valence-electron chi connectivity index (χ0n) is 22.5. The summed E-state index contributed by atoms with van der Waals surface area (Å²) in [5.41, 5.74) is 7.65. The normalized spacial score (nSPS) is 11.3. The van der Waals surface area contributed by atoms with Gasteiger partial charge in [0.05, 0.1) is 16.6 Å². The molecule has 5 heteroatoms. The summed E-state index contributed by atoms with van der Waals surface area (Å²) >= 11 is 0. The molecule has 42 heavy (non-hydrogen) atoms. The van der Waals surface area contributed by atoms with E-state index in [1.54, 1.807) is 0 Å². The van der Waals surface area contributed by atoms with Crippen LogP contribution in [0.5, 0.6) is 0 Å². The van der Waals surface area contributed by atoms with Crippen molar-refractivity contribution in [2.75, 3.05) is 0 Å². The SMILES string of the molecule is c1ccc(-c2nc(-c3ccccc3)nc(-c3cccc(-c4cnc5c(ccc6cc7ccccc7nc65)c4)c3)n2)cc1. The average Bonchev–Trinajstić information content (AvgIpc) is 3.07. The Morgan fingerprint density at radius 1 is 0.333 bits per heavy atom. The summed E-state index contributed by atoms with van der Waals surface area (Å²) in [5, 5.41) is 3.26. The van der Waals surface area contributed by atoms with Crippen molar-refractivity contribution in [1.29, 1.82) is 0 Å². The number of fused-ring (bicyclic) bond motifs is 4. The Bertz CT molecular complexity index is 2190. The van der Waals surface area contributed by atoms with Gasteiger partial charge in [0.15, 0.2) is 17.5 Å². The third-order valence-corrected chi connectivity index (χ3v) is 7.49. The molecule has 0 bridgehead atoms. The number of benzene rings is 5. The molecule has 0 radical (unpaired) electrons. The highest BCUT2D eigenvalue weighted by Crippen LogP contribution is 2.31. The van der Waals surface area contributed by atoms with Gasteiger partial charge < -0.3 is 0 Å². The van der Waals surface area contributed by atoms with Crippen LogP contribution < -0.4 is 0 Å². The lowest BCUT2D eigenvalue weighted by Crippen LogP contribution is -2.00. The molecule has 0 unspecified atom stereocenters. The van der Waals surface area contributed by atoms with Crippen LogP contribution in [0.2, 0.25) is 0 Å². The van der Waals surface area contributed by atoms with Gasteiger partial charge >= 0.3 is 0 Å². The van der Waals surface area contributed by atoms with Crippen LogP contribution in [0.1, 0.15) is 0 Å². The Labute approximate surface area is 242 Å². The Hall–Kier alpha value is -5.81. The van der Waals surface area contributed by atoms with Crippen molar-refractivity contribution in [1.82, 2.24) is 24.9 Å². The van der Waals surface area contributed by atoms with Crippen molar-refractivity contribution in [2.24, 2.45) is 0 Å². The summed E-state index contributed by atoms with van der Waals surface area (Å²) in [5.74, 6) is 1.91. The van der Waals surface area contributed by atoms with E-state index in [4.69, 9.17) is 24.9 Å². The molecule has 5 aromatic carbocycles. The number of para-hydroxylation sites is 1. The monoisotopic (exact) mass is 537 g/mol. The standard InChI is InChI=1S/C37H23N5/c1-3-10-24(11-4-1)35-40-36(25-12-5-2-6-13-25)42-37(41-35)30-16-9-15-26(20-30)31-22-28-18-19-29-21-27-14-7-8-17-32(27)39-34(29)33(28)38-23-31/h1-23H. The second kappa shape index (κ2) is 9.98. The second-order valence-electron chi connectivity index (χ2n) is 10.2. The van der Waals surface area contributed by atoms with Crippen LogP contribution >= 0.6 is 0 Å². The van der Waals surface area contributed by atoms with Crippen LogP contribution in [0, 0.1) is 0 Å². The Morgan fingerprint density at radius 3 is 1.62 bits per heavy atom. The van der Waals surface area contributed by atoms with E-state index in [0.29, 0.717) is 17.5 Å². The molecule has 0 aliphatic heterocycles. The van der Waals surface area contributed by atoms with Crippen molar-refractivity contribution in [3.8, 4) is 45.3 Å². The van der Waals surface area contributed by atoms with Crippen molar-refractivity contribution >= 4 is 32.7 Å². The van der Waals surface area contributed by atoms with Gasteiger partial charge in [0, 0.05) is 44.6 Å². The van der Waals surface area contributed by atoms with E-state index in [1.165, 1.54) is 0 Å². The number of pyridine rings is 2. The third kappa shape index (κ3) is 4.34. The van der Waals surface area contributed by atoms with Gasteiger partial charge in [-0.1, -0.05) is 109 Å². The molecule has 0 atom stereocenters. The van der Waals surface area contributed by atoms with E-state index in [2.05, 4.69) is 42.5 Å². The molecule has 3 heterocycles. The van der Waals surface area contributed by atoms with E-state index in [1.807, 2.05) is 97.2 Å². The molecule has 0 spiro atoms. The summed E-state index contributed by atoms with van der Waals surface area (Å²) in [7, 11) is 0. The molecular formula is C37H23N5. The number of aromatic nitrogens is 5. The highest BCUT2D eigenvalue weighted by molar-refractivity contribution is 6.07. The van der Waals surface area contributed by atoms with Gasteiger partial charge in [0.2, 0.25) is 0 Å². The number of hydrogen-bond donors (Lipinski definition) is 0. The first kappa shape index (κ1) is 24.0. The first-order chi connectivity index (χ1) is 20.8. The highest BCUT2D eigenvalue weighted by atomic mass is 15.0. The predicted molar refractivity (Wildman–Crippen MR) is 170 cm³/mol. The molecule has 3 aromatic heterocycles. The molecular weight excluding hydrogens is 514 g/mol. The van der Waals surface area contributed by atoms with E-state index in [-0.39, 0.29) is 0 Å². The molecule has 5 nitrogen and oxygen atoms in total. The van der Waals surface area contributed by atoms with E-state index in [0.717, 1.165) is 60.5 Å². The zero-order chi connectivity index (χ0) is 27.9. The van der Waals surface area contributed by atoms with E-state index < -0.39 is 0 Å². The lowest BCUT2D eigenvalue weighted by molar-refractivity contribution is 1.07. The van der Waals surface area contributed by atoms with Gasteiger partial charge in [0.1, 0.15) is 0 Å². The molecule has 0 aliphatic rings. The number of hydrogen-bond acceptors (Lipinski definition) is 5. The van der Waals surface area contributed by atoms with E-state index >= 15 is 0 Å². The van der Waals surface area contributed by atoms with Crippen molar-refractivity contribution in [3.05, 3.63) is 140 Å². The summed E-state index contributed by atoms with van der Waals surface area (Å²) in [4.78, 5) is 24.5. The Kier molecular flexibility index (Phi) is 5.71. The van der Waals surface area contributed by atoms with E-state index in [9.17, 15) is 0 Å². The van der Waals surface area contributed by atoms with Crippen molar-refractivity contribution in [3.63, 3.8) is 0 Å². The van der Waals surface area contributed by atoms with Crippen LogP contribution in [0.25, 0.3) is 78.0 Å². The average molecular weight is 538 g/mol. The summed E-state index contributed by atoms with van der Waals surface area (Å²) in [6, 6.07) is 45.1. The van der Waals surface area contributed by atoms with Gasteiger partial charge in [-0.2, -0.15) is 0 Å². The molecule has 0 saturated heterocycles.